The summed E-state index contributed by atoms with van der Waals surface area (Å²) in [6, 6.07) is 12.3. The van der Waals surface area contributed by atoms with Gasteiger partial charge in [-0.3, -0.25) is 4.98 Å². The molecule has 1 aromatic carbocycles. The monoisotopic (exact) mass is 326 g/mol. The molecule has 0 aliphatic heterocycles. The molecule has 5 nitrogen and oxygen atoms in total. The molecule has 2 N–H and O–H groups in total. The van der Waals surface area contributed by atoms with Gasteiger partial charge in [-0.25, -0.2) is 4.99 Å². The molecular formula is C19H26N4O. The van der Waals surface area contributed by atoms with Crippen LogP contribution in [0, 0.1) is 6.92 Å². The van der Waals surface area contributed by atoms with E-state index in [0.717, 1.165) is 18.3 Å². The Balaban J connectivity index is 1.89. The molecule has 0 bridgehead atoms. The second-order valence-electron chi connectivity index (χ2n) is 5.52. The number of benzene rings is 1. The van der Waals surface area contributed by atoms with Crippen LogP contribution in [0.3, 0.4) is 0 Å². The number of rotatable bonds is 7. The number of aliphatic imine (C=N–C) groups is 1. The van der Waals surface area contributed by atoms with Crippen LogP contribution in [0.1, 0.15) is 31.0 Å². The summed E-state index contributed by atoms with van der Waals surface area (Å²) in [4.78, 5) is 8.60. The minimum Gasteiger partial charge on any atom is -0.490 e. The van der Waals surface area contributed by atoms with Crippen molar-refractivity contribution >= 4 is 5.96 Å². The number of pyridine rings is 1. The van der Waals surface area contributed by atoms with Gasteiger partial charge in [-0.15, -0.1) is 0 Å². The minimum absolute atomic E-state index is 0.184. The Kier molecular flexibility index (Phi) is 7.08. The Hall–Kier alpha value is -2.56. The molecular weight excluding hydrogens is 300 g/mol. The van der Waals surface area contributed by atoms with Crippen molar-refractivity contribution < 1.29 is 4.74 Å². The average molecular weight is 326 g/mol. The van der Waals surface area contributed by atoms with Crippen molar-refractivity contribution in [1.29, 1.82) is 0 Å². The van der Waals surface area contributed by atoms with Crippen molar-refractivity contribution in [3.8, 4) is 5.75 Å². The molecule has 0 radical (unpaired) electrons. The highest BCUT2D eigenvalue weighted by Gasteiger charge is 2.09. The van der Waals surface area contributed by atoms with Gasteiger partial charge in [0.1, 0.15) is 12.4 Å². The van der Waals surface area contributed by atoms with Crippen LogP contribution in [0.4, 0.5) is 0 Å². The lowest BCUT2D eigenvalue weighted by atomic mass is 10.0. The Morgan fingerprint density at radius 3 is 2.79 bits per heavy atom. The van der Waals surface area contributed by atoms with Gasteiger partial charge in [-0.2, -0.15) is 0 Å². The topological polar surface area (TPSA) is 58.5 Å². The zero-order valence-electron chi connectivity index (χ0n) is 14.6. The van der Waals surface area contributed by atoms with Gasteiger partial charge in [0.15, 0.2) is 5.96 Å². The fourth-order valence-corrected chi connectivity index (χ4v) is 2.43. The zero-order chi connectivity index (χ0) is 17.2. The van der Waals surface area contributed by atoms with E-state index in [4.69, 9.17) is 4.74 Å². The quantitative estimate of drug-likeness (QED) is 0.466. The molecule has 1 unspecified atom stereocenters. The first-order valence-corrected chi connectivity index (χ1v) is 8.34. The molecule has 128 valence electrons. The first-order valence-electron chi connectivity index (χ1n) is 8.34. The summed E-state index contributed by atoms with van der Waals surface area (Å²) in [5.74, 6) is 1.56. The van der Waals surface area contributed by atoms with Gasteiger partial charge in [-0.05, 0) is 44.0 Å². The number of aromatic nitrogens is 1. The number of nitrogens with zero attached hydrogens (tertiary/aromatic N) is 2. The maximum atomic E-state index is 5.62. The predicted molar refractivity (Wildman–Crippen MR) is 98.4 cm³/mol. The van der Waals surface area contributed by atoms with Crippen LogP contribution in [-0.4, -0.2) is 30.6 Å². The molecule has 0 fully saturated rings. The molecule has 1 heterocycles. The number of aryl methyl sites for hydroxylation is 1. The second kappa shape index (κ2) is 9.55. The normalized spacial score (nSPS) is 12.5. The molecule has 0 spiro atoms. The van der Waals surface area contributed by atoms with E-state index >= 15 is 0 Å². The lowest BCUT2D eigenvalue weighted by Gasteiger charge is -2.19. The van der Waals surface area contributed by atoms with Crippen LogP contribution in [0.2, 0.25) is 0 Å². The smallest absolute Gasteiger partial charge is 0.191 e. The van der Waals surface area contributed by atoms with E-state index in [1.807, 2.05) is 12.1 Å². The third-order valence-electron chi connectivity index (χ3n) is 3.62. The minimum atomic E-state index is 0.184. The molecule has 0 saturated heterocycles. The van der Waals surface area contributed by atoms with Gasteiger partial charge in [0.05, 0.1) is 18.8 Å². The van der Waals surface area contributed by atoms with E-state index < -0.39 is 0 Å². The van der Waals surface area contributed by atoms with Crippen LogP contribution in [0.15, 0.2) is 53.8 Å². The van der Waals surface area contributed by atoms with Crippen LogP contribution < -0.4 is 15.4 Å². The number of nitrogens with one attached hydrogen (secondary N) is 2. The first-order chi connectivity index (χ1) is 11.7. The van der Waals surface area contributed by atoms with Gasteiger partial charge in [0.2, 0.25) is 0 Å². The van der Waals surface area contributed by atoms with E-state index in [1.165, 1.54) is 11.1 Å². The maximum Gasteiger partial charge on any atom is 0.191 e. The third kappa shape index (κ3) is 5.57. The van der Waals surface area contributed by atoms with E-state index in [2.05, 4.69) is 65.6 Å². The molecule has 24 heavy (non-hydrogen) atoms. The van der Waals surface area contributed by atoms with Crippen LogP contribution in [0.5, 0.6) is 5.75 Å². The number of guanidine groups is 1. The summed E-state index contributed by atoms with van der Waals surface area (Å²) < 4.78 is 5.62. The molecule has 1 aromatic heterocycles. The van der Waals surface area contributed by atoms with E-state index in [1.54, 1.807) is 12.4 Å². The fourth-order valence-electron chi connectivity index (χ4n) is 2.43. The lowest BCUT2D eigenvalue weighted by Crippen LogP contribution is -2.39. The van der Waals surface area contributed by atoms with Gasteiger partial charge in [0, 0.05) is 12.7 Å². The van der Waals surface area contributed by atoms with Gasteiger partial charge in [0.25, 0.3) is 0 Å². The van der Waals surface area contributed by atoms with Gasteiger partial charge in [-0.1, -0.05) is 24.3 Å². The Labute approximate surface area is 144 Å². The van der Waals surface area contributed by atoms with Gasteiger partial charge >= 0.3 is 0 Å². The van der Waals surface area contributed by atoms with Crippen molar-refractivity contribution in [2.75, 3.05) is 19.7 Å². The van der Waals surface area contributed by atoms with Crippen LogP contribution in [-0.2, 0) is 0 Å². The van der Waals surface area contributed by atoms with Crippen molar-refractivity contribution in [2.45, 2.75) is 26.8 Å². The average Bonchev–Trinajstić information content (AvgIpc) is 2.60. The summed E-state index contributed by atoms with van der Waals surface area (Å²) in [5.41, 5.74) is 2.54. The Morgan fingerprint density at radius 2 is 2.08 bits per heavy atom. The molecule has 0 amide bonds. The zero-order valence-corrected chi connectivity index (χ0v) is 14.6. The molecule has 0 saturated carbocycles. The summed E-state index contributed by atoms with van der Waals surface area (Å²) in [7, 11) is 0. The SMILES string of the molecule is CCNC(=NCCOc1cccnc1)NC(C)c1ccccc1C. The fraction of sp³-hybridized carbons (Fsp3) is 0.368. The largest absolute Gasteiger partial charge is 0.490 e. The Bertz CT molecular complexity index is 643. The number of ether oxygens (including phenoxy) is 1. The molecule has 5 heteroatoms. The third-order valence-corrected chi connectivity index (χ3v) is 3.62. The van der Waals surface area contributed by atoms with Crippen molar-refractivity contribution in [1.82, 2.24) is 15.6 Å². The van der Waals surface area contributed by atoms with E-state index in [9.17, 15) is 0 Å². The standard InChI is InChI=1S/C19H26N4O/c1-4-21-19(22-12-13-24-17-9-7-11-20-14-17)23-16(3)18-10-6-5-8-15(18)2/h5-11,14,16H,4,12-13H2,1-3H3,(H2,21,22,23). The van der Waals surface area contributed by atoms with Crippen molar-refractivity contribution in [3.63, 3.8) is 0 Å². The molecule has 1 atom stereocenters. The maximum absolute atomic E-state index is 5.62. The second-order valence-corrected chi connectivity index (χ2v) is 5.52. The highest BCUT2D eigenvalue weighted by Crippen LogP contribution is 2.16. The number of hydrogen-bond donors (Lipinski definition) is 2. The molecule has 2 rings (SSSR count). The summed E-state index contributed by atoms with van der Waals surface area (Å²) in [5, 5.41) is 6.72. The summed E-state index contributed by atoms with van der Waals surface area (Å²) >= 11 is 0. The summed E-state index contributed by atoms with van der Waals surface area (Å²) in [6.07, 6.45) is 3.43. The lowest BCUT2D eigenvalue weighted by molar-refractivity contribution is 0.327. The van der Waals surface area contributed by atoms with Crippen LogP contribution >= 0.6 is 0 Å². The molecule has 0 aliphatic rings. The van der Waals surface area contributed by atoms with Crippen molar-refractivity contribution in [2.24, 2.45) is 4.99 Å². The van der Waals surface area contributed by atoms with E-state index in [0.29, 0.717) is 13.2 Å². The Morgan fingerprint density at radius 1 is 1.25 bits per heavy atom. The molecule has 2 aromatic rings. The summed E-state index contributed by atoms with van der Waals surface area (Å²) in [6.45, 7) is 8.23. The van der Waals surface area contributed by atoms with E-state index in [-0.39, 0.29) is 6.04 Å². The highest BCUT2D eigenvalue weighted by molar-refractivity contribution is 5.80. The predicted octanol–water partition coefficient (Wildman–Crippen LogP) is 3.09. The first kappa shape index (κ1) is 17.8. The number of hydrogen-bond acceptors (Lipinski definition) is 3. The van der Waals surface area contributed by atoms with Crippen molar-refractivity contribution in [3.05, 3.63) is 59.9 Å². The van der Waals surface area contributed by atoms with Gasteiger partial charge < -0.3 is 15.4 Å². The molecule has 0 aliphatic carbocycles. The highest BCUT2D eigenvalue weighted by atomic mass is 16.5. The van der Waals surface area contributed by atoms with Crippen LogP contribution in [0.25, 0.3) is 0 Å².